The molecule has 0 aliphatic carbocycles. The SMILES string of the molecule is O=C(c1ccc(C(F)(F)F)cc1)N1CCC(n2cncn2)C1. The van der Waals surface area contributed by atoms with Crippen LogP contribution in [0.1, 0.15) is 28.4 Å². The summed E-state index contributed by atoms with van der Waals surface area (Å²) in [5.41, 5.74) is -0.502. The number of hydrogen-bond donors (Lipinski definition) is 0. The van der Waals surface area contributed by atoms with Crippen LogP contribution in [-0.4, -0.2) is 38.7 Å². The fraction of sp³-hybridized carbons (Fsp3) is 0.357. The Morgan fingerprint density at radius 3 is 2.55 bits per heavy atom. The van der Waals surface area contributed by atoms with Gasteiger partial charge in [0.05, 0.1) is 11.6 Å². The first-order chi connectivity index (χ1) is 10.4. The molecule has 1 aromatic heterocycles. The van der Waals surface area contributed by atoms with Crippen molar-refractivity contribution >= 4 is 5.91 Å². The second-order valence-corrected chi connectivity index (χ2v) is 5.14. The maximum Gasteiger partial charge on any atom is 0.416 e. The third kappa shape index (κ3) is 2.81. The Kier molecular flexibility index (Phi) is 3.59. The van der Waals surface area contributed by atoms with Crippen molar-refractivity contribution in [3.8, 4) is 0 Å². The smallest absolute Gasteiger partial charge is 0.336 e. The van der Waals surface area contributed by atoms with Gasteiger partial charge in [-0.2, -0.15) is 18.3 Å². The van der Waals surface area contributed by atoms with E-state index in [1.54, 1.807) is 15.9 Å². The molecule has 1 saturated heterocycles. The van der Waals surface area contributed by atoms with E-state index in [9.17, 15) is 18.0 Å². The molecule has 5 nitrogen and oxygen atoms in total. The molecule has 1 aliphatic rings. The number of hydrogen-bond acceptors (Lipinski definition) is 3. The topological polar surface area (TPSA) is 51.0 Å². The van der Waals surface area contributed by atoms with Crippen LogP contribution in [0.2, 0.25) is 0 Å². The lowest BCUT2D eigenvalue weighted by atomic mass is 10.1. The first-order valence-corrected chi connectivity index (χ1v) is 6.76. The Hall–Kier alpha value is -2.38. The number of amides is 1. The molecule has 2 aromatic rings. The number of nitrogens with zero attached hydrogens (tertiary/aromatic N) is 4. The summed E-state index contributed by atoms with van der Waals surface area (Å²) < 4.78 is 39.3. The Balaban J connectivity index is 1.70. The van der Waals surface area contributed by atoms with Crippen LogP contribution in [0, 0.1) is 0 Å². The number of carbonyl (C=O) groups is 1. The van der Waals surface area contributed by atoms with E-state index in [4.69, 9.17) is 0 Å². The average Bonchev–Trinajstić information content (AvgIpc) is 3.16. The number of aromatic nitrogens is 3. The van der Waals surface area contributed by atoms with E-state index in [1.165, 1.54) is 18.5 Å². The maximum atomic E-state index is 12.5. The summed E-state index contributed by atoms with van der Waals surface area (Å²) in [5, 5.41) is 4.05. The Bertz CT molecular complexity index is 652. The predicted octanol–water partition coefficient (Wildman–Crippen LogP) is 2.38. The van der Waals surface area contributed by atoms with Gasteiger partial charge in [-0.3, -0.25) is 4.79 Å². The second kappa shape index (κ2) is 5.43. The van der Waals surface area contributed by atoms with Crippen molar-refractivity contribution in [1.82, 2.24) is 19.7 Å². The molecule has 0 radical (unpaired) electrons. The third-order valence-corrected chi connectivity index (χ3v) is 3.72. The molecule has 1 unspecified atom stereocenters. The number of likely N-dealkylation sites (tertiary alicyclic amines) is 1. The lowest BCUT2D eigenvalue weighted by molar-refractivity contribution is -0.137. The highest BCUT2D eigenvalue weighted by molar-refractivity contribution is 5.94. The van der Waals surface area contributed by atoms with Crippen molar-refractivity contribution in [3.05, 3.63) is 48.0 Å². The number of benzene rings is 1. The van der Waals surface area contributed by atoms with E-state index in [-0.39, 0.29) is 17.5 Å². The third-order valence-electron chi connectivity index (χ3n) is 3.72. The Morgan fingerprint density at radius 2 is 1.95 bits per heavy atom. The lowest BCUT2D eigenvalue weighted by Crippen LogP contribution is -2.29. The molecule has 1 aliphatic heterocycles. The molecule has 116 valence electrons. The van der Waals surface area contributed by atoms with Crippen molar-refractivity contribution in [1.29, 1.82) is 0 Å². The van der Waals surface area contributed by atoms with Crippen LogP contribution in [0.4, 0.5) is 13.2 Å². The predicted molar refractivity (Wildman–Crippen MR) is 71.0 cm³/mol. The molecule has 0 saturated carbocycles. The summed E-state index contributed by atoms with van der Waals surface area (Å²) in [6.07, 6.45) is -0.625. The highest BCUT2D eigenvalue weighted by atomic mass is 19.4. The number of carbonyl (C=O) groups excluding carboxylic acids is 1. The van der Waals surface area contributed by atoms with Crippen molar-refractivity contribution in [3.63, 3.8) is 0 Å². The van der Waals surface area contributed by atoms with Crippen LogP contribution < -0.4 is 0 Å². The van der Waals surface area contributed by atoms with Crippen LogP contribution in [0.3, 0.4) is 0 Å². The van der Waals surface area contributed by atoms with E-state index in [0.29, 0.717) is 13.1 Å². The van der Waals surface area contributed by atoms with Crippen LogP contribution in [0.5, 0.6) is 0 Å². The summed E-state index contributed by atoms with van der Waals surface area (Å²) in [4.78, 5) is 17.8. The highest BCUT2D eigenvalue weighted by Crippen LogP contribution is 2.29. The van der Waals surface area contributed by atoms with Gasteiger partial charge in [-0.05, 0) is 30.7 Å². The highest BCUT2D eigenvalue weighted by Gasteiger charge is 2.31. The zero-order chi connectivity index (χ0) is 15.7. The number of alkyl halides is 3. The van der Waals surface area contributed by atoms with Crippen LogP contribution in [0.25, 0.3) is 0 Å². The minimum absolute atomic E-state index is 0.0564. The van der Waals surface area contributed by atoms with Gasteiger partial charge in [-0.25, -0.2) is 9.67 Å². The number of rotatable bonds is 2. The molecule has 1 fully saturated rings. The molecule has 0 N–H and O–H groups in total. The molecular formula is C14H13F3N4O. The average molecular weight is 310 g/mol. The van der Waals surface area contributed by atoms with Gasteiger partial charge in [0.2, 0.25) is 0 Å². The molecule has 1 amide bonds. The molecule has 22 heavy (non-hydrogen) atoms. The van der Waals surface area contributed by atoms with Crippen LogP contribution in [-0.2, 0) is 6.18 Å². The summed E-state index contributed by atoms with van der Waals surface area (Å²) in [5.74, 6) is -0.267. The van der Waals surface area contributed by atoms with E-state index in [0.717, 1.165) is 18.6 Å². The summed E-state index contributed by atoms with van der Waals surface area (Å²) in [7, 11) is 0. The van der Waals surface area contributed by atoms with Crippen molar-refractivity contribution in [2.24, 2.45) is 0 Å². The monoisotopic (exact) mass is 310 g/mol. The van der Waals surface area contributed by atoms with E-state index in [2.05, 4.69) is 10.1 Å². The van der Waals surface area contributed by atoms with Gasteiger partial charge in [0.1, 0.15) is 12.7 Å². The standard InChI is InChI=1S/C14H13F3N4O/c15-14(16,17)11-3-1-10(2-4-11)13(22)20-6-5-12(7-20)21-9-18-8-19-21/h1-4,8-9,12H,5-7H2. The molecule has 2 heterocycles. The Morgan fingerprint density at radius 1 is 1.23 bits per heavy atom. The molecular weight excluding hydrogens is 297 g/mol. The van der Waals surface area contributed by atoms with Gasteiger partial charge < -0.3 is 4.90 Å². The molecule has 3 rings (SSSR count). The fourth-order valence-corrected chi connectivity index (χ4v) is 2.53. The zero-order valence-electron chi connectivity index (χ0n) is 11.5. The van der Waals surface area contributed by atoms with Crippen molar-refractivity contribution in [2.75, 3.05) is 13.1 Å². The largest absolute Gasteiger partial charge is 0.416 e. The minimum atomic E-state index is -4.40. The van der Waals surface area contributed by atoms with Gasteiger partial charge in [0.25, 0.3) is 5.91 Å². The first kappa shape index (κ1) is 14.6. The normalized spacial score (nSPS) is 18.7. The Labute approximate surface area is 124 Å². The van der Waals surface area contributed by atoms with E-state index < -0.39 is 11.7 Å². The van der Waals surface area contributed by atoms with Crippen LogP contribution in [0.15, 0.2) is 36.9 Å². The van der Waals surface area contributed by atoms with Crippen LogP contribution >= 0.6 is 0 Å². The molecule has 1 aromatic carbocycles. The lowest BCUT2D eigenvalue weighted by Gasteiger charge is -2.17. The summed E-state index contributed by atoms with van der Waals surface area (Å²) >= 11 is 0. The van der Waals surface area contributed by atoms with E-state index >= 15 is 0 Å². The molecule has 0 bridgehead atoms. The second-order valence-electron chi connectivity index (χ2n) is 5.14. The maximum absolute atomic E-state index is 12.5. The molecule has 1 atom stereocenters. The van der Waals surface area contributed by atoms with Gasteiger partial charge in [0.15, 0.2) is 0 Å². The minimum Gasteiger partial charge on any atom is -0.336 e. The van der Waals surface area contributed by atoms with Gasteiger partial charge in [-0.15, -0.1) is 0 Å². The van der Waals surface area contributed by atoms with E-state index in [1.807, 2.05) is 0 Å². The van der Waals surface area contributed by atoms with Gasteiger partial charge >= 0.3 is 6.18 Å². The zero-order valence-corrected chi connectivity index (χ0v) is 11.5. The first-order valence-electron chi connectivity index (χ1n) is 6.76. The number of halogens is 3. The quantitative estimate of drug-likeness (QED) is 0.856. The molecule has 8 heteroatoms. The van der Waals surface area contributed by atoms with Gasteiger partial charge in [0, 0.05) is 18.7 Å². The fourth-order valence-electron chi connectivity index (χ4n) is 2.53. The van der Waals surface area contributed by atoms with Crippen molar-refractivity contribution in [2.45, 2.75) is 18.6 Å². The van der Waals surface area contributed by atoms with Crippen molar-refractivity contribution < 1.29 is 18.0 Å². The summed E-state index contributed by atoms with van der Waals surface area (Å²) in [6.45, 7) is 1.02. The van der Waals surface area contributed by atoms with Gasteiger partial charge in [-0.1, -0.05) is 0 Å². The molecule has 0 spiro atoms. The summed E-state index contributed by atoms with van der Waals surface area (Å²) in [6, 6.07) is 4.35.